The molecule has 6 nitrogen and oxygen atoms in total. The molecule has 0 atom stereocenters. The van der Waals surface area contributed by atoms with Gasteiger partial charge in [-0.1, -0.05) is 38.3 Å². The summed E-state index contributed by atoms with van der Waals surface area (Å²) in [5, 5.41) is 14.4. The van der Waals surface area contributed by atoms with Crippen LogP contribution in [-0.4, -0.2) is 48.4 Å². The second kappa shape index (κ2) is 10.6. The zero-order chi connectivity index (χ0) is 21.4. The molecule has 1 saturated carbocycles. The Hall–Kier alpha value is -2.39. The predicted molar refractivity (Wildman–Crippen MR) is 117 cm³/mol. The summed E-state index contributed by atoms with van der Waals surface area (Å²) in [7, 11) is 0. The summed E-state index contributed by atoms with van der Waals surface area (Å²) >= 11 is 0. The number of hydrogen-bond donors (Lipinski definition) is 2. The summed E-state index contributed by atoms with van der Waals surface area (Å²) in [6.07, 6.45) is 7.61. The fourth-order valence-electron chi connectivity index (χ4n) is 4.86. The van der Waals surface area contributed by atoms with Crippen molar-refractivity contribution in [2.45, 2.75) is 69.7 Å². The topological polar surface area (TPSA) is 85.2 Å². The molecule has 0 bridgehead atoms. The molecule has 3 rings (SSSR count). The summed E-state index contributed by atoms with van der Waals surface area (Å²) in [6, 6.07) is 9.84. The second-order valence-electron chi connectivity index (χ2n) is 8.68. The number of likely N-dealkylation sites (tertiary alicyclic amines) is 1. The minimum Gasteiger partial charge on any atom is -0.341 e. The smallest absolute Gasteiger partial charge is 0.252 e. The third kappa shape index (κ3) is 5.40. The van der Waals surface area contributed by atoms with E-state index in [0.29, 0.717) is 24.3 Å². The molecule has 0 aromatic heterocycles. The van der Waals surface area contributed by atoms with Crippen molar-refractivity contribution < 1.29 is 9.59 Å². The molecule has 1 heterocycles. The van der Waals surface area contributed by atoms with E-state index in [2.05, 4.69) is 34.6 Å². The molecule has 2 N–H and O–H groups in total. The number of nitrogens with zero attached hydrogens (tertiary/aromatic N) is 2. The third-order valence-corrected chi connectivity index (χ3v) is 6.59. The van der Waals surface area contributed by atoms with Crippen molar-refractivity contribution in [2.75, 3.05) is 26.2 Å². The number of rotatable bonds is 7. The van der Waals surface area contributed by atoms with Crippen molar-refractivity contribution >= 4 is 11.8 Å². The second-order valence-corrected chi connectivity index (χ2v) is 8.68. The first-order chi connectivity index (χ1) is 14.6. The summed E-state index contributed by atoms with van der Waals surface area (Å²) in [5.74, 6) is 0.0949. The summed E-state index contributed by atoms with van der Waals surface area (Å²) in [6.45, 7) is 5.64. The largest absolute Gasteiger partial charge is 0.341 e. The van der Waals surface area contributed by atoms with Crippen LogP contribution in [0.2, 0.25) is 0 Å². The molecule has 1 aliphatic carbocycles. The molecule has 0 radical (unpaired) electrons. The Morgan fingerprint density at radius 1 is 1.13 bits per heavy atom. The molecule has 1 aromatic rings. The highest BCUT2D eigenvalue weighted by Gasteiger charge is 2.40. The highest BCUT2D eigenvalue weighted by Crippen LogP contribution is 2.30. The predicted octanol–water partition coefficient (Wildman–Crippen LogP) is 3.35. The fourth-order valence-corrected chi connectivity index (χ4v) is 4.86. The Morgan fingerprint density at radius 2 is 1.80 bits per heavy atom. The van der Waals surface area contributed by atoms with Crippen LogP contribution < -0.4 is 10.6 Å². The molecule has 1 aliphatic heterocycles. The van der Waals surface area contributed by atoms with Crippen LogP contribution in [0, 0.1) is 11.3 Å². The van der Waals surface area contributed by atoms with E-state index < -0.39 is 5.54 Å². The molecular formula is C24H34N4O2. The van der Waals surface area contributed by atoms with Crippen molar-refractivity contribution in [3.63, 3.8) is 0 Å². The highest BCUT2D eigenvalue weighted by molar-refractivity contribution is 5.99. The number of carbonyl (C=O) groups is 2. The Labute approximate surface area is 180 Å². The normalized spacial score (nSPS) is 19.6. The lowest BCUT2D eigenvalue weighted by Crippen LogP contribution is -2.59. The van der Waals surface area contributed by atoms with Gasteiger partial charge in [-0.3, -0.25) is 9.59 Å². The van der Waals surface area contributed by atoms with E-state index in [1.807, 2.05) is 18.2 Å². The lowest BCUT2D eigenvalue weighted by atomic mass is 9.80. The van der Waals surface area contributed by atoms with Crippen LogP contribution in [0.5, 0.6) is 0 Å². The minimum atomic E-state index is -0.906. The number of hydrogen-bond acceptors (Lipinski definition) is 4. The lowest BCUT2D eigenvalue weighted by molar-refractivity contribution is -0.128. The summed E-state index contributed by atoms with van der Waals surface area (Å²) < 4.78 is 0. The van der Waals surface area contributed by atoms with E-state index in [0.717, 1.165) is 45.2 Å². The maximum Gasteiger partial charge on any atom is 0.252 e. The first-order valence-corrected chi connectivity index (χ1v) is 11.4. The number of nitrogens with one attached hydrogen (secondary N) is 2. The van der Waals surface area contributed by atoms with Gasteiger partial charge in [0.2, 0.25) is 5.91 Å². The number of amides is 2. The first-order valence-electron chi connectivity index (χ1n) is 11.4. The zero-order valence-corrected chi connectivity index (χ0v) is 18.1. The molecular weight excluding hydrogens is 376 g/mol. The Balaban J connectivity index is 1.63. The number of nitriles is 1. The maximum atomic E-state index is 12.9. The standard InChI is InChI=1S/C24H34N4O2/c1-2-16-28-17-10-20(11-18-28)19-6-8-21(9-7-19)22(29)27-24(12-4-3-5-13-24)23(30)26-15-14-25/h6-9,20H,2-5,10-13,15-18H2,1H3,(H,26,30)(H,27,29). The van der Waals surface area contributed by atoms with Crippen LogP contribution in [0.1, 0.15) is 80.1 Å². The van der Waals surface area contributed by atoms with Crippen molar-refractivity contribution in [3.05, 3.63) is 35.4 Å². The van der Waals surface area contributed by atoms with E-state index in [9.17, 15) is 9.59 Å². The van der Waals surface area contributed by atoms with Crippen molar-refractivity contribution in [1.29, 1.82) is 5.26 Å². The van der Waals surface area contributed by atoms with Crippen LogP contribution in [0.4, 0.5) is 0 Å². The molecule has 30 heavy (non-hydrogen) atoms. The van der Waals surface area contributed by atoms with Gasteiger partial charge in [-0.2, -0.15) is 5.26 Å². The minimum absolute atomic E-state index is 0.0395. The SMILES string of the molecule is CCCN1CCC(c2ccc(C(=O)NC3(C(=O)NCC#N)CCCCC3)cc2)CC1. The molecule has 1 aromatic carbocycles. The van der Waals surface area contributed by atoms with E-state index >= 15 is 0 Å². The van der Waals surface area contributed by atoms with Crippen LogP contribution in [-0.2, 0) is 4.79 Å². The summed E-state index contributed by atoms with van der Waals surface area (Å²) in [4.78, 5) is 28.2. The quantitative estimate of drug-likeness (QED) is 0.675. The van der Waals surface area contributed by atoms with Gasteiger partial charge in [0.1, 0.15) is 12.1 Å². The molecule has 1 saturated heterocycles. The lowest BCUT2D eigenvalue weighted by Gasteiger charge is -2.36. The number of carbonyl (C=O) groups excluding carboxylic acids is 2. The van der Waals surface area contributed by atoms with Crippen LogP contribution >= 0.6 is 0 Å². The maximum absolute atomic E-state index is 12.9. The van der Waals surface area contributed by atoms with E-state index in [1.54, 1.807) is 0 Å². The van der Waals surface area contributed by atoms with Crippen LogP contribution in [0.25, 0.3) is 0 Å². The monoisotopic (exact) mass is 410 g/mol. The van der Waals surface area contributed by atoms with Gasteiger partial charge in [0.25, 0.3) is 5.91 Å². The van der Waals surface area contributed by atoms with E-state index in [4.69, 9.17) is 5.26 Å². The molecule has 0 spiro atoms. The molecule has 162 valence electrons. The van der Waals surface area contributed by atoms with Gasteiger partial charge in [0.05, 0.1) is 6.07 Å². The van der Waals surface area contributed by atoms with Crippen molar-refractivity contribution in [1.82, 2.24) is 15.5 Å². The molecule has 6 heteroatoms. The number of benzene rings is 1. The average Bonchev–Trinajstić information content (AvgIpc) is 2.79. The van der Waals surface area contributed by atoms with Crippen molar-refractivity contribution in [2.24, 2.45) is 0 Å². The third-order valence-electron chi connectivity index (χ3n) is 6.59. The number of piperidine rings is 1. The Kier molecular flexibility index (Phi) is 7.87. The Bertz CT molecular complexity index is 754. The van der Waals surface area contributed by atoms with Gasteiger partial charge in [0, 0.05) is 5.56 Å². The average molecular weight is 411 g/mol. The van der Waals surface area contributed by atoms with Crippen molar-refractivity contribution in [3.8, 4) is 6.07 Å². The van der Waals surface area contributed by atoms with Gasteiger partial charge < -0.3 is 15.5 Å². The Morgan fingerprint density at radius 3 is 2.40 bits per heavy atom. The molecule has 2 amide bonds. The van der Waals surface area contributed by atoms with Gasteiger partial charge in [-0.15, -0.1) is 0 Å². The first kappa shape index (κ1) is 22.3. The summed E-state index contributed by atoms with van der Waals surface area (Å²) in [5.41, 5.74) is 0.971. The van der Waals surface area contributed by atoms with Gasteiger partial charge in [0.15, 0.2) is 0 Å². The molecule has 2 aliphatic rings. The van der Waals surface area contributed by atoms with E-state index in [1.165, 1.54) is 18.5 Å². The van der Waals surface area contributed by atoms with Gasteiger partial charge >= 0.3 is 0 Å². The van der Waals surface area contributed by atoms with Gasteiger partial charge in [-0.25, -0.2) is 0 Å². The van der Waals surface area contributed by atoms with E-state index in [-0.39, 0.29) is 18.4 Å². The van der Waals surface area contributed by atoms with Gasteiger partial charge in [-0.05, 0) is 75.4 Å². The fraction of sp³-hybridized carbons (Fsp3) is 0.625. The van der Waals surface area contributed by atoms with Crippen LogP contribution in [0.3, 0.4) is 0 Å². The highest BCUT2D eigenvalue weighted by atomic mass is 16.2. The zero-order valence-electron chi connectivity index (χ0n) is 18.1. The van der Waals surface area contributed by atoms with Crippen LogP contribution in [0.15, 0.2) is 24.3 Å². The molecule has 2 fully saturated rings. The molecule has 0 unspecified atom stereocenters.